The van der Waals surface area contributed by atoms with Crippen LogP contribution >= 0.6 is 35.2 Å². The fraction of sp³-hybridized carbons (Fsp3) is 0.600. The lowest BCUT2D eigenvalue weighted by atomic mass is 9.87. The van der Waals surface area contributed by atoms with Gasteiger partial charge in [0.1, 0.15) is 36.3 Å². The Kier molecular flexibility index (Phi) is 15.8. The molecule has 1 fully saturated rings. The molecule has 3 heterocycles. The lowest BCUT2D eigenvalue weighted by Gasteiger charge is -2.30. The molecule has 0 saturated carbocycles. The van der Waals surface area contributed by atoms with Gasteiger partial charge in [0, 0.05) is 30.7 Å². The Bertz CT molecular complexity index is 1790. The van der Waals surface area contributed by atoms with E-state index in [2.05, 4.69) is 34.4 Å². The van der Waals surface area contributed by atoms with E-state index in [9.17, 15) is 57.9 Å². The second-order valence-corrected chi connectivity index (χ2v) is 17.1. The molecule has 2 amide bonds. The molecule has 53 heavy (non-hydrogen) atoms. The Hall–Kier alpha value is -2.70. The maximum Gasteiger partial charge on any atom is 0.481 e. The van der Waals surface area contributed by atoms with Crippen molar-refractivity contribution in [1.82, 2.24) is 30.2 Å². The molecule has 24 nitrogen and oxygen atoms in total. The van der Waals surface area contributed by atoms with E-state index >= 15 is 0 Å². The molecule has 1 aliphatic rings. The van der Waals surface area contributed by atoms with Gasteiger partial charge < -0.3 is 50.9 Å². The number of aromatic nitrogens is 4. The topological polar surface area (TPSA) is 364 Å². The van der Waals surface area contributed by atoms with Crippen LogP contribution in [0.5, 0.6) is 0 Å². The maximum atomic E-state index is 12.6. The fourth-order valence-electron chi connectivity index (χ4n) is 4.47. The van der Waals surface area contributed by atoms with Gasteiger partial charge in [-0.2, -0.15) is 4.31 Å². The number of fused-ring (bicyclic) bond motifs is 1. The van der Waals surface area contributed by atoms with E-state index in [-0.39, 0.29) is 41.6 Å². The number of phosphoric acid groups is 3. The molecular weight excluding hydrogens is 795 g/mol. The summed E-state index contributed by atoms with van der Waals surface area (Å²) in [4.78, 5) is 86.7. The molecule has 4 unspecified atom stereocenters. The molecule has 1 saturated heterocycles. The van der Waals surface area contributed by atoms with Crippen LogP contribution in [0.3, 0.4) is 0 Å². The van der Waals surface area contributed by atoms with Gasteiger partial charge in [-0.3, -0.25) is 32.5 Å². The number of aliphatic hydroxyl groups excluding tert-OH is 2. The summed E-state index contributed by atoms with van der Waals surface area (Å²) in [5.41, 5.74) is 4.26. The van der Waals surface area contributed by atoms with Gasteiger partial charge in [-0.15, -0.1) is 0 Å². The Morgan fingerprint density at radius 1 is 1.09 bits per heavy atom. The van der Waals surface area contributed by atoms with Gasteiger partial charge in [-0.25, -0.2) is 28.6 Å². The lowest BCUT2D eigenvalue weighted by molar-refractivity contribution is -0.137. The minimum atomic E-state index is -5.56. The Labute approximate surface area is 305 Å². The first kappa shape index (κ1) is 44.7. The van der Waals surface area contributed by atoms with Crippen molar-refractivity contribution in [1.29, 1.82) is 0 Å². The Morgan fingerprint density at radius 2 is 1.77 bits per heavy atom. The molecular formula is C25H40N7O17P3S. The summed E-state index contributed by atoms with van der Waals surface area (Å²) in [6, 6.07) is 0. The smallest absolute Gasteiger partial charge is 0.386 e. The number of nitrogens with one attached hydrogen (secondary N) is 2. The van der Waals surface area contributed by atoms with E-state index < -0.39 is 84.6 Å². The highest BCUT2D eigenvalue weighted by atomic mass is 32.2. The van der Waals surface area contributed by atoms with E-state index in [1.807, 2.05) is 0 Å². The minimum absolute atomic E-state index is 0.0300. The third kappa shape index (κ3) is 13.5. The first-order valence-electron chi connectivity index (χ1n) is 15.2. The van der Waals surface area contributed by atoms with Crippen molar-refractivity contribution < 1.29 is 80.5 Å². The van der Waals surface area contributed by atoms with E-state index in [0.717, 1.165) is 29.0 Å². The summed E-state index contributed by atoms with van der Waals surface area (Å²) < 4.78 is 61.9. The Balaban J connectivity index is 1.52. The van der Waals surface area contributed by atoms with Crippen LogP contribution in [0.15, 0.2) is 24.8 Å². The number of aliphatic hydroxyl groups is 2. The molecule has 0 bridgehead atoms. The average molecular weight is 836 g/mol. The molecule has 2 aromatic rings. The zero-order valence-electron chi connectivity index (χ0n) is 28.2. The van der Waals surface area contributed by atoms with Gasteiger partial charge in [0.05, 0.1) is 19.5 Å². The number of nitrogen functional groups attached to an aromatic ring is 1. The molecule has 0 aromatic carbocycles. The monoisotopic (exact) mass is 835 g/mol. The van der Waals surface area contributed by atoms with Crippen LogP contribution in [0.2, 0.25) is 0 Å². The zero-order chi connectivity index (χ0) is 39.8. The number of carbonyl (C=O) groups excluding carboxylic acids is 3. The van der Waals surface area contributed by atoms with Gasteiger partial charge in [0.2, 0.25) is 16.9 Å². The van der Waals surface area contributed by atoms with E-state index in [1.54, 1.807) is 13.0 Å². The van der Waals surface area contributed by atoms with Gasteiger partial charge in [-0.1, -0.05) is 31.7 Å². The van der Waals surface area contributed by atoms with Gasteiger partial charge >= 0.3 is 23.5 Å². The number of anilines is 1. The van der Waals surface area contributed by atoms with Crippen LogP contribution in [0, 0.1) is 5.41 Å². The summed E-state index contributed by atoms with van der Waals surface area (Å²) in [5, 5.41) is 26.1. The molecule has 28 heteroatoms. The molecule has 7 atom stereocenters. The van der Waals surface area contributed by atoms with Crippen molar-refractivity contribution >= 4 is 69.1 Å². The first-order chi connectivity index (χ1) is 24.6. The summed E-state index contributed by atoms with van der Waals surface area (Å²) in [6.07, 6.45) is -3.94. The molecule has 0 radical (unpaired) electrons. The maximum absolute atomic E-state index is 12.6. The van der Waals surface area contributed by atoms with Crippen LogP contribution in [-0.2, 0) is 50.7 Å². The number of hydrogen-bond donors (Lipinski definition) is 9. The van der Waals surface area contributed by atoms with Crippen molar-refractivity contribution in [2.24, 2.45) is 5.41 Å². The van der Waals surface area contributed by atoms with Gasteiger partial charge in [0.25, 0.3) is 0 Å². The largest absolute Gasteiger partial charge is 0.481 e. The number of thioether (sulfide) groups is 1. The van der Waals surface area contributed by atoms with Crippen molar-refractivity contribution in [2.75, 3.05) is 37.8 Å². The number of phosphoric ester groups is 3. The zero-order valence-corrected chi connectivity index (χ0v) is 31.7. The lowest BCUT2D eigenvalue weighted by Crippen LogP contribution is -2.46. The predicted molar refractivity (Wildman–Crippen MR) is 182 cm³/mol. The van der Waals surface area contributed by atoms with Gasteiger partial charge in [0.15, 0.2) is 17.7 Å². The number of imidazole rings is 1. The quantitative estimate of drug-likeness (QED) is 0.0449. The van der Waals surface area contributed by atoms with Crippen molar-refractivity contribution in [3.8, 4) is 0 Å². The van der Waals surface area contributed by atoms with Crippen LogP contribution in [0.1, 0.15) is 33.4 Å². The second-order valence-electron chi connectivity index (χ2n) is 11.7. The molecule has 1 aliphatic heterocycles. The van der Waals surface area contributed by atoms with E-state index in [1.165, 1.54) is 19.9 Å². The molecule has 3 rings (SSSR count). The number of ether oxygens (including phenoxy) is 1. The highest BCUT2D eigenvalue weighted by Crippen LogP contribution is 2.61. The number of hydrogen-bond acceptors (Lipinski definition) is 18. The SMILES string of the molecule is C/C=C/C(=O)SCCNC(=O)CCNC(=O)[C@@H](O)C(C)(C)COP(=O)(O)OP(=O)(O)OC[C@@H]1O[C@H](n2cnc3c(N)ncnc32)C(O)C1OP(=O)(O)O. The summed E-state index contributed by atoms with van der Waals surface area (Å²) >= 11 is 1.01. The molecule has 2 aromatic heterocycles. The number of allylic oxidation sites excluding steroid dienone is 1. The van der Waals surface area contributed by atoms with Crippen LogP contribution in [0.25, 0.3) is 11.2 Å². The summed E-state index contributed by atoms with van der Waals surface area (Å²) in [5.74, 6) is -1.13. The standard InChI is InChI=1S/C25H40N7O17P3S/c1-4-5-16(34)53-9-8-27-15(33)6-7-28-23(37)20(36)25(2,3)11-46-52(43,44)49-51(41,42)45-10-14-19(48-50(38,39)40)18(35)24(47-14)32-13-31-17-21(26)29-12-30-22(17)32/h4-5,12-14,18-20,24,35-36H,6-11H2,1-3H3,(H,27,33)(H,28,37)(H,41,42)(H,43,44)(H2,26,29,30)(H2,38,39,40)/b5-4+/t14-,18?,19?,20+,24-/m0/s1. The van der Waals surface area contributed by atoms with E-state index in [4.69, 9.17) is 19.5 Å². The van der Waals surface area contributed by atoms with E-state index in [0.29, 0.717) is 5.75 Å². The molecule has 0 aliphatic carbocycles. The Morgan fingerprint density at radius 3 is 2.43 bits per heavy atom. The predicted octanol–water partition coefficient (Wildman–Crippen LogP) is -0.759. The third-order valence-electron chi connectivity index (χ3n) is 7.05. The number of nitrogens with two attached hydrogens (primary N) is 1. The van der Waals surface area contributed by atoms with Crippen LogP contribution in [0.4, 0.5) is 5.82 Å². The number of amides is 2. The number of rotatable bonds is 20. The van der Waals surface area contributed by atoms with Crippen molar-refractivity contribution in [2.45, 2.75) is 57.8 Å². The summed E-state index contributed by atoms with van der Waals surface area (Å²) in [7, 11) is -16.4. The van der Waals surface area contributed by atoms with Gasteiger partial charge in [-0.05, 0) is 13.0 Å². The average Bonchev–Trinajstić information content (AvgIpc) is 3.61. The fourth-order valence-corrected chi connectivity index (χ4v) is 7.93. The second kappa shape index (κ2) is 18.8. The van der Waals surface area contributed by atoms with Crippen molar-refractivity contribution in [3.05, 3.63) is 24.8 Å². The molecule has 298 valence electrons. The highest BCUT2D eigenvalue weighted by Gasteiger charge is 2.50. The van der Waals surface area contributed by atoms with Crippen molar-refractivity contribution in [3.63, 3.8) is 0 Å². The number of nitrogens with zero attached hydrogens (tertiary/aromatic N) is 4. The summed E-state index contributed by atoms with van der Waals surface area (Å²) in [6.45, 7) is 2.17. The molecule has 10 N–H and O–H groups in total. The normalized spacial score (nSPS) is 22.4. The van der Waals surface area contributed by atoms with Crippen LogP contribution in [-0.4, -0.2) is 123 Å². The number of carbonyl (C=O) groups is 3. The third-order valence-corrected chi connectivity index (χ3v) is 11.0. The van der Waals surface area contributed by atoms with Crippen LogP contribution < -0.4 is 16.4 Å². The molecule has 0 spiro atoms. The minimum Gasteiger partial charge on any atom is -0.386 e. The highest BCUT2D eigenvalue weighted by molar-refractivity contribution is 8.14. The first-order valence-corrected chi connectivity index (χ1v) is 20.7.